The van der Waals surface area contributed by atoms with E-state index >= 15 is 0 Å². The molecule has 0 aliphatic rings. The van der Waals surface area contributed by atoms with Crippen molar-refractivity contribution in [3.8, 4) is 23.0 Å². The van der Waals surface area contributed by atoms with Crippen LogP contribution in [0.1, 0.15) is 11.1 Å². The zero-order valence-electron chi connectivity index (χ0n) is 13.7. The highest BCUT2D eigenvalue weighted by atomic mass is 16.3. The third-order valence-electron chi connectivity index (χ3n) is 3.99. The summed E-state index contributed by atoms with van der Waals surface area (Å²) in [6, 6.07) is 11.9. The van der Waals surface area contributed by atoms with Crippen LogP contribution in [0.4, 0.5) is 11.4 Å². The van der Waals surface area contributed by atoms with Gasteiger partial charge in [0.2, 0.25) is 0 Å². The molecule has 3 rings (SSSR count). The van der Waals surface area contributed by atoms with Crippen LogP contribution in [0.5, 0.6) is 23.0 Å². The quantitative estimate of drug-likeness (QED) is 0.386. The molecule has 0 aliphatic heterocycles. The summed E-state index contributed by atoms with van der Waals surface area (Å²) in [5.74, 6) is -0.289. The summed E-state index contributed by atoms with van der Waals surface area (Å²) in [5.41, 5.74) is 13.7. The molecule has 0 radical (unpaired) electrons. The number of hydrogen-bond donors (Lipinski definition) is 6. The number of benzene rings is 3. The molecule has 3 aromatic carbocycles. The lowest BCUT2D eigenvalue weighted by Crippen LogP contribution is -2.29. The van der Waals surface area contributed by atoms with Gasteiger partial charge in [0.25, 0.3) is 0 Å². The molecule has 0 heterocycles. The van der Waals surface area contributed by atoms with Crippen LogP contribution in [-0.2, 0) is 0 Å². The maximum absolute atomic E-state index is 10.0. The van der Waals surface area contributed by atoms with Crippen molar-refractivity contribution in [2.24, 2.45) is 0 Å². The molecule has 0 atom stereocenters. The summed E-state index contributed by atoms with van der Waals surface area (Å²) in [5, 5.41) is 40.1. The number of anilines is 2. The van der Waals surface area contributed by atoms with E-state index in [9.17, 15) is 20.4 Å². The summed E-state index contributed by atoms with van der Waals surface area (Å²) in [7, 11) is 0. The number of rotatable bonds is 2. The van der Waals surface area contributed by atoms with Crippen LogP contribution in [0, 0.1) is 0 Å². The number of phenolic OH excluding ortho intramolecular Hbond substituents is 4. The van der Waals surface area contributed by atoms with Crippen molar-refractivity contribution in [2.75, 3.05) is 11.5 Å². The van der Waals surface area contributed by atoms with E-state index in [-0.39, 0.29) is 23.0 Å². The van der Waals surface area contributed by atoms with Crippen molar-refractivity contribution in [1.29, 1.82) is 0 Å². The Balaban J connectivity index is 2.30. The molecular formula is C20H18N2O4. The van der Waals surface area contributed by atoms with Gasteiger partial charge in [0, 0.05) is 28.5 Å². The molecule has 0 unspecified atom stereocenters. The predicted octanol–water partition coefficient (Wildman–Crippen LogP) is 1.33. The van der Waals surface area contributed by atoms with E-state index in [2.05, 4.69) is 0 Å². The van der Waals surface area contributed by atoms with E-state index in [1.54, 1.807) is 36.4 Å². The summed E-state index contributed by atoms with van der Waals surface area (Å²) in [4.78, 5) is 0. The summed E-state index contributed by atoms with van der Waals surface area (Å²) >= 11 is 0. The van der Waals surface area contributed by atoms with Gasteiger partial charge < -0.3 is 31.9 Å². The topological polar surface area (TPSA) is 133 Å². The fourth-order valence-electron chi connectivity index (χ4n) is 2.59. The second kappa shape index (κ2) is 6.60. The summed E-state index contributed by atoms with van der Waals surface area (Å²) in [6.07, 6.45) is 3.33. The predicted molar refractivity (Wildman–Crippen MR) is 101 cm³/mol. The minimum atomic E-state index is -0.106. The summed E-state index contributed by atoms with van der Waals surface area (Å²) in [6.45, 7) is 0. The smallest absolute Gasteiger partial charge is 0.126 e. The average molecular weight is 350 g/mol. The Hall–Kier alpha value is -3.80. The maximum atomic E-state index is 10.0. The Morgan fingerprint density at radius 1 is 0.654 bits per heavy atom. The van der Waals surface area contributed by atoms with E-state index in [1.807, 2.05) is 0 Å². The molecule has 0 amide bonds. The standard InChI is InChI=1S/C20H18N2O4/c21-17-6-3-11(7-12-1-4-14(23)9-18(12)25)16(20(17)22)8-13-2-5-15(24)10-19(13)26/h1-10,23-26H,21-22H2. The van der Waals surface area contributed by atoms with E-state index in [4.69, 9.17) is 11.5 Å². The highest BCUT2D eigenvalue weighted by Crippen LogP contribution is 2.24. The lowest BCUT2D eigenvalue weighted by Gasteiger charge is -2.05. The highest BCUT2D eigenvalue weighted by Gasteiger charge is 2.04. The molecule has 0 aromatic heterocycles. The number of phenols is 4. The van der Waals surface area contributed by atoms with Gasteiger partial charge in [-0.3, -0.25) is 0 Å². The first-order chi connectivity index (χ1) is 12.3. The zero-order valence-corrected chi connectivity index (χ0v) is 13.7. The van der Waals surface area contributed by atoms with Gasteiger partial charge in [-0.1, -0.05) is 6.07 Å². The summed E-state index contributed by atoms with van der Waals surface area (Å²) < 4.78 is 0. The minimum Gasteiger partial charge on any atom is -0.508 e. The van der Waals surface area contributed by atoms with Gasteiger partial charge >= 0.3 is 0 Å². The second-order valence-electron chi connectivity index (χ2n) is 5.85. The van der Waals surface area contributed by atoms with E-state index in [0.29, 0.717) is 32.9 Å². The Morgan fingerprint density at radius 3 is 1.73 bits per heavy atom. The zero-order chi connectivity index (χ0) is 18.8. The highest BCUT2D eigenvalue weighted by molar-refractivity contribution is 5.71. The average Bonchev–Trinajstić information content (AvgIpc) is 2.58. The van der Waals surface area contributed by atoms with Crippen molar-refractivity contribution in [3.63, 3.8) is 0 Å². The molecule has 6 heteroatoms. The van der Waals surface area contributed by atoms with Gasteiger partial charge in [-0.05, 0) is 47.7 Å². The number of nitrogen functional groups attached to an aromatic ring is 2. The number of nitrogens with two attached hydrogens (primary N) is 2. The molecule has 26 heavy (non-hydrogen) atoms. The second-order valence-corrected chi connectivity index (χ2v) is 5.85. The van der Waals surface area contributed by atoms with E-state index in [1.165, 1.54) is 24.3 Å². The first kappa shape index (κ1) is 17.0. The molecule has 0 bridgehead atoms. The van der Waals surface area contributed by atoms with Crippen LogP contribution in [0.3, 0.4) is 0 Å². The fraction of sp³-hybridized carbons (Fsp3) is 0. The van der Waals surface area contributed by atoms with Gasteiger partial charge in [-0.25, -0.2) is 0 Å². The third-order valence-corrected chi connectivity index (χ3v) is 3.99. The Kier molecular flexibility index (Phi) is 4.33. The molecule has 6 nitrogen and oxygen atoms in total. The number of aromatic hydroxyl groups is 4. The van der Waals surface area contributed by atoms with Crippen molar-refractivity contribution in [1.82, 2.24) is 0 Å². The van der Waals surface area contributed by atoms with E-state index < -0.39 is 0 Å². The molecule has 0 aliphatic carbocycles. The van der Waals surface area contributed by atoms with Crippen LogP contribution >= 0.6 is 0 Å². The normalized spacial score (nSPS) is 12.5. The van der Waals surface area contributed by atoms with Crippen LogP contribution in [0.15, 0.2) is 48.5 Å². The Bertz CT molecular complexity index is 1110. The minimum absolute atomic E-state index is 0.0442. The first-order valence-electron chi connectivity index (χ1n) is 7.76. The molecule has 3 aromatic rings. The van der Waals surface area contributed by atoms with Crippen molar-refractivity contribution in [2.45, 2.75) is 0 Å². The molecule has 0 saturated carbocycles. The van der Waals surface area contributed by atoms with Gasteiger partial charge in [0.05, 0.1) is 11.4 Å². The monoisotopic (exact) mass is 350 g/mol. The van der Waals surface area contributed by atoms with Crippen LogP contribution < -0.4 is 21.9 Å². The van der Waals surface area contributed by atoms with Gasteiger partial charge in [-0.2, -0.15) is 0 Å². The van der Waals surface area contributed by atoms with Crippen LogP contribution in [-0.4, -0.2) is 20.4 Å². The van der Waals surface area contributed by atoms with Crippen molar-refractivity contribution < 1.29 is 20.4 Å². The Labute approximate surface area is 149 Å². The maximum Gasteiger partial charge on any atom is 0.126 e. The van der Waals surface area contributed by atoms with Crippen molar-refractivity contribution in [3.05, 3.63) is 70.1 Å². The molecule has 132 valence electrons. The lowest BCUT2D eigenvalue weighted by molar-refractivity contribution is 0.448. The van der Waals surface area contributed by atoms with Crippen LogP contribution in [0.2, 0.25) is 0 Å². The van der Waals surface area contributed by atoms with Gasteiger partial charge in [0.1, 0.15) is 23.0 Å². The van der Waals surface area contributed by atoms with E-state index in [0.717, 1.165) is 0 Å². The SMILES string of the molecule is Nc1ccc(=Cc2ccc(O)cc2O)c(=Cc2ccc(O)cc2O)c1N. The Morgan fingerprint density at radius 2 is 1.19 bits per heavy atom. The number of hydrogen-bond acceptors (Lipinski definition) is 6. The lowest BCUT2D eigenvalue weighted by atomic mass is 10.1. The molecule has 0 saturated heterocycles. The molecule has 8 N–H and O–H groups in total. The molecule has 0 spiro atoms. The third kappa shape index (κ3) is 3.34. The fourth-order valence-corrected chi connectivity index (χ4v) is 2.59. The van der Waals surface area contributed by atoms with Crippen LogP contribution in [0.25, 0.3) is 12.2 Å². The van der Waals surface area contributed by atoms with Crippen molar-refractivity contribution >= 4 is 23.5 Å². The molecule has 0 fully saturated rings. The molecular weight excluding hydrogens is 332 g/mol. The largest absolute Gasteiger partial charge is 0.508 e. The first-order valence-corrected chi connectivity index (χ1v) is 7.76. The van der Waals surface area contributed by atoms with Gasteiger partial charge in [-0.15, -0.1) is 0 Å². The van der Waals surface area contributed by atoms with Gasteiger partial charge in [0.15, 0.2) is 0 Å².